The molecule has 5 nitrogen and oxygen atoms in total. The molecule has 1 fully saturated rings. The van der Waals surface area contributed by atoms with E-state index < -0.39 is 10.0 Å². The lowest BCUT2D eigenvalue weighted by atomic mass is 10.1. The minimum atomic E-state index is -3.62. The molecule has 0 amide bonds. The Balaban J connectivity index is 1.87. The van der Waals surface area contributed by atoms with Crippen LogP contribution in [0.25, 0.3) is 0 Å². The Hall–Kier alpha value is -0.950. The van der Waals surface area contributed by atoms with Crippen LogP contribution in [0.3, 0.4) is 0 Å². The number of benzene rings is 1. The molecule has 6 heteroatoms. The lowest BCUT2D eigenvalue weighted by molar-refractivity contribution is 0.440. The summed E-state index contributed by atoms with van der Waals surface area (Å²) >= 11 is 0. The molecule has 0 aromatic heterocycles. The predicted octanol–water partition coefficient (Wildman–Crippen LogP) is 0.954. The second-order valence-corrected chi connectivity index (χ2v) is 7.06. The van der Waals surface area contributed by atoms with E-state index in [1.54, 1.807) is 12.1 Å². The van der Waals surface area contributed by atoms with Gasteiger partial charge in [-0.05, 0) is 50.4 Å². The van der Waals surface area contributed by atoms with Gasteiger partial charge in [0.15, 0.2) is 0 Å². The highest BCUT2D eigenvalue weighted by Crippen LogP contribution is 2.12. The summed E-state index contributed by atoms with van der Waals surface area (Å²) in [5, 5.41) is 12.0. The van der Waals surface area contributed by atoms with Gasteiger partial charge in [-0.3, -0.25) is 0 Å². The molecule has 1 aliphatic rings. The molecule has 0 saturated carbocycles. The van der Waals surface area contributed by atoms with E-state index in [-0.39, 0.29) is 4.90 Å². The smallest absolute Gasteiger partial charge is 0.238 e. The Morgan fingerprint density at radius 3 is 2.95 bits per heavy atom. The van der Waals surface area contributed by atoms with Crippen molar-refractivity contribution in [3.8, 4) is 0 Å². The van der Waals surface area contributed by atoms with Crippen molar-refractivity contribution in [2.45, 2.75) is 49.7 Å². The lowest BCUT2D eigenvalue weighted by Crippen LogP contribution is -2.33. The quantitative estimate of drug-likeness (QED) is 0.730. The van der Waals surface area contributed by atoms with E-state index in [0.29, 0.717) is 18.6 Å². The minimum absolute atomic E-state index is 0.168. The molecule has 20 heavy (non-hydrogen) atoms. The molecular weight excluding hydrogens is 274 g/mol. The SMILES string of the molecule is CC(CC1CCCN1)NCc1cccc(S(N)(=O)=O)c1. The Morgan fingerprint density at radius 1 is 1.50 bits per heavy atom. The van der Waals surface area contributed by atoms with Crippen molar-refractivity contribution in [2.24, 2.45) is 5.14 Å². The molecule has 1 aromatic carbocycles. The molecule has 4 N–H and O–H groups in total. The Kier molecular flexibility index (Phi) is 5.15. The first-order valence-corrected chi connectivity index (χ1v) is 8.58. The standard InChI is InChI=1S/C14H23N3O2S/c1-11(8-13-5-3-7-16-13)17-10-12-4-2-6-14(9-12)20(15,18)19/h2,4,6,9,11,13,16-17H,3,5,7-8,10H2,1H3,(H2,15,18,19). The van der Waals surface area contributed by atoms with Gasteiger partial charge in [-0.15, -0.1) is 0 Å². The molecule has 1 aromatic rings. The van der Waals surface area contributed by atoms with Crippen LogP contribution in [-0.2, 0) is 16.6 Å². The van der Waals surface area contributed by atoms with E-state index >= 15 is 0 Å². The molecule has 1 saturated heterocycles. The van der Waals surface area contributed by atoms with Gasteiger partial charge in [0.25, 0.3) is 0 Å². The maximum absolute atomic E-state index is 11.3. The average molecular weight is 297 g/mol. The van der Waals surface area contributed by atoms with E-state index in [4.69, 9.17) is 5.14 Å². The summed E-state index contributed by atoms with van der Waals surface area (Å²) in [7, 11) is -3.62. The van der Waals surface area contributed by atoms with Crippen molar-refractivity contribution in [2.75, 3.05) is 6.54 Å². The summed E-state index contributed by atoms with van der Waals surface area (Å²) in [6, 6.07) is 7.77. The molecule has 0 bridgehead atoms. The lowest BCUT2D eigenvalue weighted by Gasteiger charge is -2.18. The summed E-state index contributed by atoms with van der Waals surface area (Å²) in [6.45, 7) is 3.93. The van der Waals surface area contributed by atoms with Gasteiger partial charge in [0.05, 0.1) is 4.90 Å². The molecule has 0 aliphatic carbocycles. The third-order valence-electron chi connectivity index (χ3n) is 3.68. The van der Waals surface area contributed by atoms with Crippen LogP contribution < -0.4 is 15.8 Å². The van der Waals surface area contributed by atoms with Crippen molar-refractivity contribution in [1.82, 2.24) is 10.6 Å². The van der Waals surface area contributed by atoms with Crippen LogP contribution in [0, 0.1) is 0 Å². The van der Waals surface area contributed by atoms with Crippen LogP contribution in [0.15, 0.2) is 29.2 Å². The number of primary sulfonamides is 1. The largest absolute Gasteiger partial charge is 0.314 e. The van der Waals surface area contributed by atoms with Crippen LogP contribution in [0.4, 0.5) is 0 Å². The van der Waals surface area contributed by atoms with Gasteiger partial charge in [-0.25, -0.2) is 13.6 Å². The van der Waals surface area contributed by atoms with Gasteiger partial charge in [0.2, 0.25) is 10.0 Å². The number of hydrogen-bond acceptors (Lipinski definition) is 4. The molecule has 112 valence electrons. The molecule has 2 rings (SSSR count). The average Bonchev–Trinajstić information content (AvgIpc) is 2.88. The van der Waals surface area contributed by atoms with E-state index in [1.807, 2.05) is 6.07 Å². The third kappa shape index (κ3) is 4.56. The topological polar surface area (TPSA) is 84.2 Å². The fraction of sp³-hybridized carbons (Fsp3) is 0.571. The van der Waals surface area contributed by atoms with Gasteiger partial charge >= 0.3 is 0 Å². The van der Waals surface area contributed by atoms with Crippen molar-refractivity contribution in [3.05, 3.63) is 29.8 Å². The van der Waals surface area contributed by atoms with Gasteiger partial charge in [-0.2, -0.15) is 0 Å². The zero-order chi connectivity index (χ0) is 14.6. The van der Waals surface area contributed by atoms with E-state index in [1.165, 1.54) is 18.9 Å². The minimum Gasteiger partial charge on any atom is -0.314 e. The molecule has 2 atom stereocenters. The molecule has 2 unspecified atom stereocenters. The zero-order valence-electron chi connectivity index (χ0n) is 11.8. The summed E-state index contributed by atoms with van der Waals surface area (Å²) in [5.74, 6) is 0. The first-order valence-electron chi connectivity index (χ1n) is 7.03. The molecule has 1 aliphatic heterocycles. The van der Waals surface area contributed by atoms with Gasteiger partial charge in [0.1, 0.15) is 0 Å². The van der Waals surface area contributed by atoms with Crippen molar-refractivity contribution >= 4 is 10.0 Å². The van der Waals surface area contributed by atoms with E-state index in [9.17, 15) is 8.42 Å². The molecular formula is C14H23N3O2S. The summed E-state index contributed by atoms with van der Waals surface area (Å²) in [6.07, 6.45) is 3.59. The zero-order valence-corrected chi connectivity index (χ0v) is 12.6. The predicted molar refractivity (Wildman–Crippen MR) is 79.8 cm³/mol. The maximum atomic E-state index is 11.3. The van der Waals surface area contributed by atoms with Crippen molar-refractivity contribution in [3.63, 3.8) is 0 Å². The maximum Gasteiger partial charge on any atom is 0.238 e. The van der Waals surface area contributed by atoms with Crippen LogP contribution in [0.2, 0.25) is 0 Å². The Morgan fingerprint density at radius 2 is 2.30 bits per heavy atom. The van der Waals surface area contributed by atoms with Gasteiger partial charge in [0, 0.05) is 18.6 Å². The number of nitrogens with one attached hydrogen (secondary N) is 2. The van der Waals surface area contributed by atoms with Crippen LogP contribution >= 0.6 is 0 Å². The number of hydrogen-bond donors (Lipinski definition) is 3. The highest BCUT2D eigenvalue weighted by atomic mass is 32.2. The second-order valence-electron chi connectivity index (χ2n) is 5.50. The van der Waals surface area contributed by atoms with E-state index in [2.05, 4.69) is 17.6 Å². The van der Waals surface area contributed by atoms with Gasteiger partial charge < -0.3 is 10.6 Å². The number of nitrogens with two attached hydrogens (primary N) is 1. The summed E-state index contributed by atoms with van der Waals surface area (Å²) < 4.78 is 22.6. The summed E-state index contributed by atoms with van der Waals surface area (Å²) in [4.78, 5) is 0.168. The van der Waals surface area contributed by atoms with Crippen LogP contribution in [0.1, 0.15) is 31.7 Å². The fourth-order valence-electron chi connectivity index (χ4n) is 2.59. The third-order valence-corrected chi connectivity index (χ3v) is 4.59. The molecule has 1 heterocycles. The fourth-order valence-corrected chi connectivity index (χ4v) is 3.18. The summed E-state index contributed by atoms with van der Waals surface area (Å²) in [5.41, 5.74) is 0.933. The molecule has 0 spiro atoms. The van der Waals surface area contributed by atoms with Crippen molar-refractivity contribution in [1.29, 1.82) is 0 Å². The first kappa shape index (κ1) is 15.4. The number of rotatable bonds is 6. The Bertz CT molecular complexity index is 539. The Labute approximate surface area is 121 Å². The van der Waals surface area contributed by atoms with E-state index in [0.717, 1.165) is 18.5 Å². The van der Waals surface area contributed by atoms with Crippen LogP contribution in [-0.4, -0.2) is 27.0 Å². The number of sulfonamides is 1. The highest BCUT2D eigenvalue weighted by molar-refractivity contribution is 7.89. The first-order chi connectivity index (χ1) is 9.45. The van der Waals surface area contributed by atoms with Crippen LogP contribution in [0.5, 0.6) is 0 Å². The van der Waals surface area contributed by atoms with Crippen molar-refractivity contribution < 1.29 is 8.42 Å². The second kappa shape index (κ2) is 6.67. The van der Waals surface area contributed by atoms with Gasteiger partial charge in [-0.1, -0.05) is 12.1 Å². The highest BCUT2D eigenvalue weighted by Gasteiger charge is 2.16. The normalized spacial score (nSPS) is 21.0. The molecule has 0 radical (unpaired) electrons. The monoisotopic (exact) mass is 297 g/mol.